The Balaban J connectivity index is 1.85. The van der Waals surface area contributed by atoms with Gasteiger partial charge in [-0.1, -0.05) is 62.8 Å². The number of hydrogen-bond donors (Lipinski definition) is 1. The second-order valence-corrected chi connectivity index (χ2v) is 16.5. The van der Waals surface area contributed by atoms with Gasteiger partial charge in [-0.3, -0.25) is 4.55 Å². The molecule has 19 nitrogen and oxygen atoms in total. The molecule has 324 valence electrons. The van der Waals surface area contributed by atoms with E-state index >= 15 is 0 Å². The first kappa shape index (κ1) is 47.4. The monoisotopic (exact) mass is 912 g/mol. The molecule has 0 unspecified atom stereocenters. The molecule has 4 rings (SSSR count). The van der Waals surface area contributed by atoms with Gasteiger partial charge < -0.3 is 27.3 Å². The van der Waals surface area contributed by atoms with Gasteiger partial charge in [-0.2, -0.15) is 25.3 Å². The molecule has 1 N–H and O–H groups in total. The molecule has 0 spiro atoms. The van der Waals surface area contributed by atoms with Gasteiger partial charge in [0.2, 0.25) is 0 Å². The van der Waals surface area contributed by atoms with Crippen molar-refractivity contribution in [2.24, 2.45) is 0 Å². The van der Waals surface area contributed by atoms with Crippen molar-refractivity contribution in [3.8, 4) is 0 Å². The number of carbonyl (C=O) groups excluding carboxylic acids is 6. The Morgan fingerprint density at radius 2 is 0.823 bits per heavy atom. The summed E-state index contributed by atoms with van der Waals surface area (Å²) in [6, 6.07) is 8.61. The van der Waals surface area contributed by atoms with Crippen molar-refractivity contribution in [2.75, 3.05) is 26.4 Å². The zero-order valence-corrected chi connectivity index (χ0v) is 34.3. The fourth-order valence-electron chi connectivity index (χ4n) is 5.16. The topological polar surface area (TPSA) is 280 Å². The lowest BCUT2D eigenvalue weighted by atomic mass is 9.99. The molecule has 22 heteroatoms. The minimum atomic E-state index is -5.37. The van der Waals surface area contributed by atoms with Gasteiger partial charge in [-0.15, -0.1) is 0 Å². The summed E-state index contributed by atoms with van der Waals surface area (Å²) in [5.41, 5.74) is -3.95. The maximum atomic E-state index is 13.8. The number of ether oxygens (including phenoxy) is 4. The van der Waals surface area contributed by atoms with Gasteiger partial charge in [0.1, 0.15) is 41.1 Å². The van der Waals surface area contributed by atoms with E-state index in [-0.39, 0.29) is 26.4 Å². The molecule has 0 aliphatic carbocycles. The van der Waals surface area contributed by atoms with E-state index in [0.29, 0.717) is 36.4 Å². The summed E-state index contributed by atoms with van der Waals surface area (Å²) < 4.78 is 119. The first-order chi connectivity index (χ1) is 29.2. The van der Waals surface area contributed by atoms with Gasteiger partial charge in [0.15, 0.2) is 0 Å². The number of hydrogen-bond acceptors (Lipinski definition) is 18. The van der Waals surface area contributed by atoms with E-state index in [1.54, 1.807) is 0 Å². The van der Waals surface area contributed by atoms with Crippen LogP contribution in [0.4, 0.5) is 0 Å². The van der Waals surface area contributed by atoms with E-state index < -0.39 is 125 Å². The second-order valence-electron chi connectivity index (χ2n) is 12.0. The SMILES string of the molecule is C=CCOC(=O)c1cc(C(=O)OCC=C)cc(S(=O)(=O)OC(=O)c2cccc3c(S(=O)(=O)O)ccc(C(=O)OS(=O)(=O)c4cc(C(=O)OCC=C)cc(C(=O)OCC=C)c4)c23)c1. The number of esters is 4. The number of rotatable bonds is 19. The van der Waals surface area contributed by atoms with E-state index in [0.717, 1.165) is 30.3 Å². The molecule has 0 bridgehead atoms. The summed E-state index contributed by atoms with van der Waals surface area (Å²) in [4.78, 5) is 75.4. The van der Waals surface area contributed by atoms with Crippen LogP contribution in [0.2, 0.25) is 0 Å². The molecular weight excluding hydrogens is 881 g/mol. The minimum Gasteiger partial charge on any atom is -0.458 e. The van der Waals surface area contributed by atoms with Crippen LogP contribution in [0.5, 0.6) is 0 Å². The average molecular weight is 913 g/mol. The third kappa shape index (κ3) is 11.3. The van der Waals surface area contributed by atoms with Crippen LogP contribution in [0.25, 0.3) is 10.8 Å². The van der Waals surface area contributed by atoms with Gasteiger partial charge in [-0.25, -0.2) is 28.8 Å². The smallest absolute Gasteiger partial charge is 0.354 e. The van der Waals surface area contributed by atoms with Crippen molar-refractivity contribution in [2.45, 2.75) is 14.7 Å². The van der Waals surface area contributed by atoms with E-state index in [9.17, 15) is 58.6 Å². The Kier molecular flexibility index (Phi) is 15.2. The molecule has 0 aromatic heterocycles. The van der Waals surface area contributed by atoms with Crippen LogP contribution >= 0.6 is 0 Å². The molecule has 4 aromatic rings. The minimum absolute atomic E-state index is 0.331. The van der Waals surface area contributed by atoms with Crippen molar-refractivity contribution in [1.29, 1.82) is 0 Å². The summed E-state index contributed by atoms with van der Waals surface area (Å²) in [5.74, 6) is -8.25. The molecule has 0 atom stereocenters. The van der Waals surface area contributed by atoms with Crippen LogP contribution in [0.1, 0.15) is 62.1 Å². The molecule has 0 aliphatic heterocycles. The maximum Gasteiger partial charge on any atom is 0.354 e. The summed E-state index contributed by atoms with van der Waals surface area (Å²) in [7, 11) is -15.9. The predicted molar refractivity (Wildman–Crippen MR) is 214 cm³/mol. The van der Waals surface area contributed by atoms with E-state index in [2.05, 4.69) is 26.3 Å². The highest BCUT2D eigenvalue weighted by atomic mass is 32.2. The van der Waals surface area contributed by atoms with Crippen LogP contribution in [0.3, 0.4) is 0 Å². The number of benzene rings is 4. The fraction of sp³-hybridized carbons (Fsp3) is 0.100. The molecule has 62 heavy (non-hydrogen) atoms. The Bertz CT molecular complexity index is 2660. The van der Waals surface area contributed by atoms with Crippen LogP contribution in [-0.4, -0.2) is 92.0 Å². The lowest BCUT2D eigenvalue weighted by molar-refractivity contribution is 0.0529. The Hall–Kier alpha value is -7.27. The van der Waals surface area contributed by atoms with Crippen molar-refractivity contribution in [1.82, 2.24) is 0 Å². The highest BCUT2D eigenvalue weighted by Crippen LogP contribution is 2.32. The molecule has 0 saturated carbocycles. The van der Waals surface area contributed by atoms with Gasteiger partial charge in [0, 0.05) is 10.8 Å². The fourth-order valence-corrected chi connectivity index (χ4v) is 7.70. The highest BCUT2D eigenvalue weighted by molar-refractivity contribution is 7.87. The summed E-state index contributed by atoms with van der Waals surface area (Å²) >= 11 is 0. The number of carbonyl (C=O) groups is 6. The van der Waals surface area contributed by atoms with E-state index in [4.69, 9.17) is 27.3 Å². The largest absolute Gasteiger partial charge is 0.458 e. The molecular formula is C40H32O19S3. The lowest BCUT2D eigenvalue weighted by Gasteiger charge is -2.14. The van der Waals surface area contributed by atoms with Gasteiger partial charge >= 0.3 is 56.1 Å². The van der Waals surface area contributed by atoms with Gasteiger partial charge in [0.25, 0.3) is 10.1 Å². The van der Waals surface area contributed by atoms with Gasteiger partial charge in [0.05, 0.1) is 33.4 Å². The second kappa shape index (κ2) is 19.9. The molecule has 4 aromatic carbocycles. The third-order valence-corrected chi connectivity index (χ3v) is 11.0. The lowest BCUT2D eigenvalue weighted by Crippen LogP contribution is -2.19. The highest BCUT2D eigenvalue weighted by Gasteiger charge is 2.32. The summed E-state index contributed by atoms with van der Waals surface area (Å²) in [5, 5.41) is -1.47. The standard InChI is InChI=1S/C40H32O19S3/c1-5-14-54-35(41)24-18-25(36(42)55-15-6-2)21-28(20-24)61(50,51)58-39(45)31-11-9-10-30-33(60(47,48)49)13-12-32(34(30)31)40(46)59-62(52,53)29-22-26(37(43)56-16-7-3)19-27(23-29)38(44)57-17-8-4/h5-13,18-23H,1-4,14-17H2,(H,47,48,49). The van der Waals surface area contributed by atoms with Crippen molar-refractivity contribution in [3.05, 3.63) is 151 Å². The molecule has 0 heterocycles. The van der Waals surface area contributed by atoms with E-state index in [1.165, 1.54) is 24.3 Å². The molecule has 0 saturated heterocycles. The molecule has 0 fully saturated rings. The third-order valence-electron chi connectivity index (χ3n) is 7.75. The van der Waals surface area contributed by atoms with Crippen molar-refractivity contribution >= 4 is 76.9 Å². The molecule has 0 amide bonds. The molecule has 0 aliphatic rings. The van der Waals surface area contributed by atoms with Crippen LogP contribution < -0.4 is 0 Å². The zero-order chi connectivity index (χ0) is 46.0. The average Bonchev–Trinajstić information content (AvgIpc) is 3.23. The van der Waals surface area contributed by atoms with Crippen LogP contribution in [-0.2, 0) is 57.7 Å². The Morgan fingerprint density at radius 3 is 1.15 bits per heavy atom. The normalized spacial score (nSPS) is 11.3. The first-order valence-corrected chi connectivity index (χ1v) is 21.4. The van der Waals surface area contributed by atoms with E-state index in [1.807, 2.05) is 0 Å². The quantitative estimate of drug-likeness (QED) is 0.0444. The van der Waals surface area contributed by atoms with Crippen LogP contribution in [0.15, 0.2) is 132 Å². The summed E-state index contributed by atoms with van der Waals surface area (Å²) in [6.45, 7) is 12.2. The predicted octanol–water partition coefficient (Wildman–Crippen LogP) is 4.55. The molecule has 0 radical (unpaired) electrons. The first-order valence-electron chi connectivity index (χ1n) is 17.1. The Morgan fingerprint density at radius 1 is 0.484 bits per heavy atom. The Labute approximate surface area is 353 Å². The van der Waals surface area contributed by atoms with Crippen LogP contribution in [0, 0.1) is 0 Å². The zero-order valence-electron chi connectivity index (χ0n) is 31.8. The van der Waals surface area contributed by atoms with Crippen molar-refractivity contribution in [3.63, 3.8) is 0 Å². The summed E-state index contributed by atoms with van der Waals surface area (Å²) in [6.07, 6.45) is 4.77. The number of fused-ring (bicyclic) bond motifs is 1. The van der Waals surface area contributed by atoms with Crippen molar-refractivity contribution < 1.29 is 85.9 Å². The van der Waals surface area contributed by atoms with Gasteiger partial charge in [-0.05, 0) is 54.6 Å². The maximum absolute atomic E-state index is 13.8.